The number of hydrogen-bond acceptors (Lipinski definition) is 3. The molecule has 3 aromatic rings. The van der Waals surface area contributed by atoms with Crippen LogP contribution in [0.3, 0.4) is 0 Å². The molecular formula is C27H26N2O2. The zero-order chi connectivity index (χ0) is 22.0. The van der Waals surface area contributed by atoms with Gasteiger partial charge in [0.15, 0.2) is 0 Å². The number of carbonyl (C=O) groups is 2. The van der Waals surface area contributed by atoms with Crippen LogP contribution in [0.15, 0.2) is 84.6 Å². The number of likely N-dealkylation sites (N-methyl/N-ethyl adjacent to an activating group) is 1. The Hall–Kier alpha value is -3.66. The van der Waals surface area contributed by atoms with E-state index in [0.717, 1.165) is 27.9 Å². The topological polar surface area (TPSA) is 40.6 Å². The van der Waals surface area contributed by atoms with E-state index in [4.69, 9.17) is 0 Å². The van der Waals surface area contributed by atoms with Crippen molar-refractivity contribution in [1.29, 1.82) is 0 Å². The average Bonchev–Trinajstić information content (AvgIpc) is 3.04. The number of para-hydroxylation sites is 1. The number of anilines is 1. The van der Waals surface area contributed by atoms with Gasteiger partial charge in [-0.15, -0.1) is 0 Å². The summed E-state index contributed by atoms with van der Waals surface area (Å²) in [6, 6.07) is 25.5. The summed E-state index contributed by atoms with van der Waals surface area (Å²) >= 11 is 0. The highest BCUT2D eigenvalue weighted by atomic mass is 16.2. The molecular weight excluding hydrogens is 384 g/mol. The lowest BCUT2D eigenvalue weighted by Gasteiger charge is -2.21. The first-order chi connectivity index (χ1) is 15.0. The molecule has 0 N–H and O–H groups in total. The van der Waals surface area contributed by atoms with Gasteiger partial charge in [0.1, 0.15) is 5.70 Å². The number of nitrogens with zero attached hydrogens (tertiary/aromatic N) is 2. The molecule has 0 aromatic heterocycles. The van der Waals surface area contributed by atoms with Crippen LogP contribution in [0.2, 0.25) is 0 Å². The number of aryl methyl sites for hydroxylation is 2. The fourth-order valence-electron chi connectivity index (χ4n) is 3.90. The molecule has 3 aromatic carbocycles. The zero-order valence-electron chi connectivity index (χ0n) is 18.1. The number of imide groups is 1. The Labute approximate surface area is 183 Å². The summed E-state index contributed by atoms with van der Waals surface area (Å²) in [4.78, 5) is 30.2. The maximum absolute atomic E-state index is 13.5. The van der Waals surface area contributed by atoms with E-state index in [0.29, 0.717) is 24.2 Å². The Balaban J connectivity index is 1.74. The molecule has 0 fully saturated rings. The highest BCUT2D eigenvalue weighted by Gasteiger charge is 2.40. The van der Waals surface area contributed by atoms with Crippen molar-refractivity contribution in [1.82, 2.24) is 4.90 Å². The number of carbonyl (C=O) groups excluding carboxylic acids is 2. The highest BCUT2D eigenvalue weighted by molar-refractivity contribution is 6.36. The second-order valence-corrected chi connectivity index (χ2v) is 7.91. The molecule has 0 bridgehead atoms. The summed E-state index contributed by atoms with van der Waals surface area (Å²) in [6.45, 7) is 4.41. The summed E-state index contributed by atoms with van der Waals surface area (Å²) in [5.41, 5.74) is 5.88. The van der Waals surface area contributed by atoms with Crippen molar-refractivity contribution in [2.45, 2.75) is 20.3 Å². The third-order valence-corrected chi connectivity index (χ3v) is 5.88. The molecule has 0 atom stereocenters. The highest BCUT2D eigenvalue weighted by Crippen LogP contribution is 2.34. The standard InChI is InChI=1S/C27H26N2O2/c1-19-14-15-22(18-20(19)2)24-25(28(3)23-12-8-5-9-13-23)27(31)29(26(24)30)17-16-21-10-6-4-7-11-21/h4-15,18H,16-17H2,1-3H3. The minimum Gasteiger partial charge on any atom is -0.339 e. The van der Waals surface area contributed by atoms with Gasteiger partial charge in [-0.2, -0.15) is 0 Å². The lowest BCUT2D eigenvalue weighted by atomic mass is 9.99. The van der Waals surface area contributed by atoms with Crippen LogP contribution in [-0.2, 0) is 16.0 Å². The Morgan fingerprint density at radius 1 is 0.774 bits per heavy atom. The van der Waals surface area contributed by atoms with E-state index < -0.39 is 0 Å². The lowest BCUT2D eigenvalue weighted by Crippen LogP contribution is -2.35. The van der Waals surface area contributed by atoms with Gasteiger partial charge >= 0.3 is 0 Å². The van der Waals surface area contributed by atoms with E-state index in [1.54, 1.807) is 0 Å². The number of rotatable bonds is 6. The van der Waals surface area contributed by atoms with Gasteiger partial charge in [0.25, 0.3) is 11.8 Å². The molecule has 4 rings (SSSR count). The first-order valence-corrected chi connectivity index (χ1v) is 10.5. The van der Waals surface area contributed by atoms with Crippen molar-refractivity contribution in [2.75, 3.05) is 18.5 Å². The van der Waals surface area contributed by atoms with E-state index in [1.807, 2.05) is 105 Å². The molecule has 0 radical (unpaired) electrons. The quantitative estimate of drug-likeness (QED) is 0.550. The third-order valence-electron chi connectivity index (χ3n) is 5.88. The molecule has 4 nitrogen and oxygen atoms in total. The van der Waals surface area contributed by atoms with E-state index in [2.05, 4.69) is 0 Å². The summed E-state index contributed by atoms with van der Waals surface area (Å²) in [5.74, 6) is -0.484. The fraction of sp³-hybridized carbons (Fsp3) is 0.185. The van der Waals surface area contributed by atoms with E-state index >= 15 is 0 Å². The predicted octanol–water partition coefficient (Wildman–Crippen LogP) is 4.76. The van der Waals surface area contributed by atoms with Gasteiger partial charge in [-0.25, -0.2) is 0 Å². The van der Waals surface area contributed by atoms with Crippen LogP contribution in [-0.4, -0.2) is 30.3 Å². The summed E-state index contributed by atoms with van der Waals surface area (Å²) in [7, 11) is 1.84. The van der Waals surface area contributed by atoms with Crippen LogP contribution < -0.4 is 4.90 Å². The maximum Gasteiger partial charge on any atom is 0.278 e. The van der Waals surface area contributed by atoms with Crippen molar-refractivity contribution in [2.24, 2.45) is 0 Å². The molecule has 2 amide bonds. The molecule has 4 heteroatoms. The molecule has 1 aliphatic rings. The minimum absolute atomic E-state index is 0.234. The molecule has 31 heavy (non-hydrogen) atoms. The van der Waals surface area contributed by atoms with Crippen molar-refractivity contribution in [3.8, 4) is 0 Å². The summed E-state index contributed by atoms with van der Waals surface area (Å²) < 4.78 is 0. The number of hydrogen-bond donors (Lipinski definition) is 0. The van der Waals surface area contributed by atoms with Crippen LogP contribution >= 0.6 is 0 Å². The first kappa shape index (κ1) is 20.6. The van der Waals surface area contributed by atoms with E-state index in [9.17, 15) is 9.59 Å². The van der Waals surface area contributed by atoms with Crippen LogP contribution in [0.4, 0.5) is 5.69 Å². The molecule has 156 valence electrons. The molecule has 0 saturated carbocycles. The van der Waals surface area contributed by atoms with Gasteiger partial charge < -0.3 is 4.90 Å². The Morgan fingerprint density at radius 2 is 1.42 bits per heavy atom. The van der Waals surface area contributed by atoms with Crippen LogP contribution in [0.1, 0.15) is 22.3 Å². The first-order valence-electron chi connectivity index (χ1n) is 10.5. The zero-order valence-corrected chi connectivity index (χ0v) is 18.1. The maximum atomic E-state index is 13.5. The minimum atomic E-state index is -0.250. The van der Waals surface area contributed by atoms with Crippen molar-refractivity contribution < 1.29 is 9.59 Å². The molecule has 0 spiro atoms. The van der Waals surface area contributed by atoms with E-state index in [1.165, 1.54) is 4.90 Å². The average molecular weight is 411 g/mol. The van der Waals surface area contributed by atoms with E-state index in [-0.39, 0.29) is 11.8 Å². The van der Waals surface area contributed by atoms with Crippen molar-refractivity contribution in [3.05, 3.63) is 107 Å². The van der Waals surface area contributed by atoms with Gasteiger partial charge in [0.05, 0.1) is 5.57 Å². The van der Waals surface area contributed by atoms with Gasteiger partial charge in [0.2, 0.25) is 0 Å². The molecule has 0 unspecified atom stereocenters. The van der Waals surface area contributed by atoms with Gasteiger partial charge in [-0.1, -0.05) is 66.7 Å². The Morgan fingerprint density at radius 3 is 2.06 bits per heavy atom. The van der Waals surface area contributed by atoms with Crippen molar-refractivity contribution >= 4 is 23.1 Å². The largest absolute Gasteiger partial charge is 0.339 e. The molecule has 0 aliphatic carbocycles. The molecule has 1 aliphatic heterocycles. The Bertz CT molecular complexity index is 1150. The lowest BCUT2D eigenvalue weighted by molar-refractivity contribution is -0.136. The fourth-order valence-corrected chi connectivity index (χ4v) is 3.90. The Kier molecular flexibility index (Phi) is 5.72. The molecule has 1 heterocycles. The number of benzene rings is 3. The predicted molar refractivity (Wildman–Crippen MR) is 125 cm³/mol. The molecule has 0 saturated heterocycles. The van der Waals surface area contributed by atoms with Crippen molar-refractivity contribution in [3.63, 3.8) is 0 Å². The SMILES string of the molecule is Cc1ccc(C2=C(N(C)c3ccccc3)C(=O)N(CCc3ccccc3)C2=O)cc1C. The third kappa shape index (κ3) is 4.02. The second kappa shape index (κ2) is 8.60. The van der Waals surface area contributed by atoms with Crippen LogP contribution in [0.5, 0.6) is 0 Å². The summed E-state index contributed by atoms with van der Waals surface area (Å²) in [6.07, 6.45) is 0.626. The van der Waals surface area contributed by atoms with Gasteiger partial charge in [-0.3, -0.25) is 14.5 Å². The second-order valence-electron chi connectivity index (χ2n) is 7.91. The monoisotopic (exact) mass is 410 g/mol. The van der Waals surface area contributed by atoms with Crippen LogP contribution in [0, 0.1) is 13.8 Å². The van der Waals surface area contributed by atoms with Crippen LogP contribution in [0.25, 0.3) is 5.57 Å². The normalized spacial score (nSPS) is 13.8. The smallest absolute Gasteiger partial charge is 0.278 e. The number of amides is 2. The van der Waals surface area contributed by atoms with Gasteiger partial charge in [0, 0.05) is 19.3 Å². The summed E-state index contributed by atoms with van der Waals surface area (Å²) in [5, 5.41) is 0. The van der Waals surface area contributed by atoms with Gasteiger partial charge in [-0.05, 0) is 54.7 Å².